The van der Waals surface area contributed by atoms with Crippen molar-refractivity contribution in [2.75, 3.05) is 0 Å². The van der Waals surface area contributed by atoms with Gasteiger partial charge < -0.3 is 5.11 Å². The van der Waals surface area contributed by atoms with Gasteiger partial charge in [-0.25, -0.2) is 0 Å². The van der Waals surface area contributed by atoms with Crippen LogP contribution < -0.4 is 0 Å². The molecule has 0 aliphatic heterocycles. The minimum atomic E-state index is -6.45. The van der Waals surface area contributed by atoms with E-state index in [1.165, 1.54) is 0 Å². The molecule has 0 saturated carbocycles. The number of ether oxygens (including phenoxy) is 2. The molecule has 1 N–H and O–H groups in total. The first-order chi connectivity index (χ1) is 9.04. The topological polar surface area (TPSA) is 38.7 Å². The lowest BCUT2D eigenvalue weighted by Gasteiger charge is -2.28. The first kappa shape index (κ1) is 22.3. The van der Waals surface area contributed by atoms with E-state index in [0.717, 1.165) is 0 Å². The van der Waals surface area contributed by atoms with Crippen LogP contribution in [0.4, 0.5) is 52.7 Å². The second-order valence-electron chi connectivity index (χ2n) is 2.67. The van der Waals surface area contributed by atoms with Crippen molar-refractivity contribution in [2.24, 2.45) is 0 Å². The van der Waals surface area contributed by atoms with Crippen LogP contribution in [0.3, 0.4) is 0 Å². The molecule has 0 unspecified atom stereocenters. The molecule has 130 valence electrons. The lowest BCUT2D eigenvalue weighted by Crippen LogP contribution is -2.55. The lowest BCUT2D eigenvalue weighted by molar-refractivity contribution is -0.462. The van der Waals surface area contributed by atoms with Gasteiger partial charge in [0, 0.05) is 0 Å². The fourth-order valence-corrected chi connectivity index (χ4v) is 0.439. The maximum Gasteiger partial charge on any atom is 0.432 e. The molecule has 0 heterocycles. The van der Waals surface area contributed by atoms with E-state index in [2.05, 4.69) is 4.74 Å². The number of rotatable bonds is 6. The molecule has 0 bridgehead atoms. The third kappa shape index (κ3) is 8.15. The number of aliphatic hydroxyl groups is 1. The summed E-state index contributed by atoms with van der Waals surface area (Å²) in [5.74, 6) is -6.45. The van der Waals surface area contributed by atoms with Gasteiger partial charge in [-0.1, -0.05) is 0 Å². The zero-order valence-corrected chi connectivity index (χ0v) is 9.03. The van der Waals surface area contributed by atoms with Crippen LogP contribution >= 0.6 is 0 Å². The monoisotopic (exact) mass is 352 g/mol. The van der Waals surface area contributed by atoms with Gasteiger partial charge in [-0.15, -0.1) is 0 Å². The standard InChI is InChI=1S/C4H2F8O2.C2H2F4O/c5-1(6)14-4(11,12)2(7,8)3(9,10)13;3-1(4)7-2(5)6/h1,13H;1-2H. The summed E-state index contributed by atoms with van der Waals surface area (Å²) < 4.78 is 139. The van der Waals surface area contributed by atoms with Crippen LogP contribution in [-0.2, 0) is 9.47 Å². The van der Waals surface area contributed by atoms with Crippen LogP contribution in [0.1, 0.15) is 0 Å². The van der Waals surface area contributed by atoms with E-state index in [1.54, 1.807) is 0 Å². The van der Waals surface area contributed by atoms with E-state index in [4.69, 9.17) is 5.11 Å². The minimum absolute atomic E-state index is 1.97. The predicted octanol–water partition coefficient (Wildman–Crippen LogP) is 3.49. The number of alkyl halides is 12. The van der Waals surface area contributed by atoms with Crippen LogP contribution in [0.25, 0.3) is 0 Å². The summed E-state index contributed by atoms with van der Waals surface area (Å²) >= 11 is 0. The molecule has 0 saturated heterocycles. The van der Waals surface area contributed by atoms with Crippen LogP contribution in [0.5, 0.6) is 0 Å². The average molecular weight is 352 g/mol. The van der Waals surface area contributed by atoms with Crippen molar-refractivity contribution in [2.45, 2.75) is 38.0 Å². The minimum Gasteiger partial charge on any atom is -0.331 e. The quantitative estimate of drug-likeness (QED) is 0.744. The Morgan fingerprint density at radius 3 is 1.14 bits per heavy atom. The van der Waals surface area contributed by atoms with E-state index in [-0.39, 0.29) is 0 Å². The Hall–Kier alpha value is -0.960. The summed E-state index contributed by atoms with van der Waals surface area (Å²) in [5.41, 5.74) is 0. The van der Waals surface area contributed by atoms with Crippen molar-refractivity contribution in [3.8, 4) is 0 Å². The number of hydrogen-bond donors (Lipinski definition) is 1. The Balaban J connectivity index is 0. The van der Waals surface area contributed by atoms with Gasteiger partial charge in [-0.05, 0) is 0 Å². The van der Waals surface area contributed by atoms with Gasteiger partial charge in [-0.3, -0.25) is 9.47 Å². The molecular weight excluding hydrogens is 348 g/mol. The van der Waals surface area contributed by atoms with E-state index in [9.17, 15) is 52.7 Å². The van der Waals surface area contributed by atoms with Crippen molar-refractivity contribution >= 4 is 0 Å². The molecule has 21 heavy (non-hydrogen) atoms. The van der Waals surface area contributed by atoms with Crippen molar-refractivity contribution < 1.29 is 67.3 Å². The van der Waals surface area contributed by atoms with E-state index in [0.29, 0.717) is 0 Å². The molecule has 0 atom stereocenters. The third-order valence-corrected chi connectivity index (χ3v) is 1.19. The molecule has 0 aromatic carbocycles. The van der Waals surface area contributed by atoms with Crippen molar-refractivity contribution in [1.29, 1.82) is 0 Å². The van der Waals surface area contributed by atoms with Gasteiger partial charge in [-0.2, -0.15) is 52.7 Å². The highest BCUT2D eigenvalue weighted by Crippen LogP contribution is 2.45. The summed E-state index contributed by atoms with van der Waals surface area (Å²) in [7, 11) is 0. The van der Waals surface area contributed by atoms with E-state index >= 15 is 0 Å². The maximum atomic E-state index is 11.9. The summed E-state index contributed by atoms with van der Waals surface area (Å²) in [6, 6.07) is 0. The van der Waals surface area contributed by atoms with Gasteiger partial charge in [0.2, 0.25) is 0 Å². The van der Waals surface area contributed by atoms with Crippen LogP contribution in [0.2, 0.25) is 0 Å². The van der Waals surface area contributed by atoms with Gasteiger partial charge in [0.25, 0.3) is 0 Å². The number of hydrogen-bond acceptors (Lipinski definition) is 3. The Morgan fingerprint density at radius 2 is 1.00 bits per heavy atom. The highest BCUT2D eigenvalue weighted by molar-refractivity contribution is 4.84. The molecule has 0 fully saturated rings. The van der Waals surface area contributed by atoms with Crippen LogP contribution in [0, 0.1) is 0 Å². The molecule has 15 heteroatoms. The zero-order chi connectivity index (χ0) is 17.6. The Morgan fingerprint density at radius 1 is 0.667 bits per heavy atom. The number of halogens is 12. The van der Waals surface area contributed by atoms with E-state index in [1.807, 2.05) is 4.74 Å². The van der Waals surface area contributed by atoms with Gasteiger partial charge >= 0.3 is 38.0 Å². The Labute approximate surface area is 107 Å². The summed E-state index contributed by atoms with van der Waals surface area (Å²) in [6.07, 6.45) is -12.4. The van der Waals surface area contributed by atoms with Crippen molar-refractivity contribution in [3.05, 3.63) is 0 Å². The molecule has 0 aromatic heterocycles. The first-order valence-electron chi connectivity index (χ1n) is 4.08. The fraction of sp³-hybridized carbons (Fsp3) is 1.00. The first-order valence-corrected chi connectivity index (χ1v) is 4.08. The van der Waals surface area contributed by atoms with Crippen molar-refractivity contribution in [1.82, 2.24) is 0 Å². The smallest absolute Gasteiger partial charge is 0.331 e. The van der Waals surface area contributed by atoms with Gasteiger partial charge in [0.05, 0.1) is 0 Å². The lowest BCUT2D eigenvalue weighted by atomic mass is 10.3. The molecule has 0 aromatic rings. The van der Waals surface area contributed by atoms with Gasteiger partial charge in [0.15, 0.2) is 0 Å². The normalized spacial score (nSPS) is 13.7. The predicted molar refractivity (Wildman–Crippen MR) is 37.2 cm³/mol. The molecule has 0 amide bonds. The summed E-state index contributed by atoms with van der Waals surface area (Å²) in [6.45, 7) is -11.1. The van der Waals surface area contributed by atoms with Crippen LogP contribution in [0.15, 0.2) is 0 Å². The summed E-state index contributed by atoms with van der Waals surface area (Å²) in [5, 5.41) is 7.31. The molecule has 0 aliphatic rings. The van der Waals surface area contributed by atoms with Crippen LogP contribution in [-0.4, -0.2) is 43.1 Å². The Bertz CT molecular complexity index is 281. The highest BCUT2D eigenvalue weighted by Gasteiger charge is 2.74. The molecular formula is C6H4F12O3. The van der Waals surface area contributed by atoms with E-state index < -0.39 is 38.0 Å². The molecule has 0 radical (unpaired) electrons. The fourth-order valence-electron chi connectivity index (χ4n) is 0.439. The third-order valence-electron chi connectivity index (χ3n) is 1.19. The summed E-state index contributed by atoms with van der Waals surface area (Å²) in [4.78, 5) is 0. The zero-order valence-electron chi connectivity index (χ0n) is 9.03. The largest absolute Gasteiger partial charge is 0.432 e. The molecule has 3 nitrogen and oxygen atoms in total. The van der Waals surface area contributed by atoms with Crippen molar-refractivity contribution in [3.63, 3.8) is 0 Å². The second kappa shape index (κ2) is 7.88. The molecule has 0 rings (SSSR count). The SMILES string of the molecule is FC(F)OC(F)F.OC(F)(F)C(F)(F)C(F)(F)OC(F)F. The van der Waals surface area contributed by atoms with Gasteiger partial charge in [0.1, 0.15) is 0 Å². The second-order valence-corrected chi connectivity index (χ2v) is 2.67. The highest BCUT2D eigenvalue weighted by atomic mass is 19.4. The molecule has 0 spiro atoms. The average Bonchev–Trinajstić information content (AvgIpc) is 2.11. The Kier molecular flexibility index (Phi) is 8.38. The molecule has 0 aliphatic carbocycles. The maximum absolute atomic E-state index is 11.9.